The molecule has 0 radical (unpaired) electrons. The molecule has 25 heavy (non-hydrogen) atoms. The first-order valence-electron chi connectivity index (χ1n) is 8.38. The Kier molecular flexibility index (Phi) is 6.54. The molecule has 0 aromatic heterocycles. The predicted molar refractivity (Wildman–Crippen MR) is 111 cm³/mol. The molecule has 1 heterocycles. The van der Waals surface area contributed by atoms with E-state index in [0.717, 1.165) is 48.2 Å². The van der Waals surface area contributed by atoms with Gasteiger partial charge in [-0.05, 0) is 67.0 Å². The Hall–Kier alpha value is -1.33. The van der Waals surface area contributed by atoms with Gasteiger partial charge in [-0.15, -0.1) is 0 Å². The number of nitrogens with one attached hydrogen (secondary N) is 2. The van der Waals surface area contributed by atoms with Gasteiger partial charge in [-0.1, -0.05) is 35.3 Å². The number of anilines is 1. The molecule has 0 bridgehead atoms. The van der Waals surface area contributed by atoms with Crippen molar-refractivity contribution in [1.29, 1.82) is 0 Å². The summed E-state index contributed by atoms with van der Waals surface area (Å²) in [5, 5.41) is 8.80. The van der Waals surface area contributed by atoms with Crippen LogP contribution >= 0.6 is 35.4 Å². The van der Waals surface area contributed by atoms with E-state index in [4.69, 9.17) is 35.4 Å². The zero-order valence-corrected chi connectivity index (χ0v) is 16.2. The van der Waals surface area contributed by atoms with Crippen LogP contribution in [0.25, 0.3) is 0 Å². The van der Waals surface area contributed by atoms with E-state index in [-0.39, 0.29) is 0 Å². The Morgan fingerprint density at radius 3 is 2.12 bits per heavy atom. The second-order valence-electron chi connectivity index (χ2n) is 6.28. The Bertz CT molecular complexity index is 696. The zero-order chi connectivity index (χ0) is 17.6. The van der Waals surface area contributed by atoms with Crippen molar-refractivity contribution < 1.29 is 0 Å². The van der Waals surface area contributed by atoms with Crippen LogP contribution in [-0.4, -0.2) is 29.1 Å². The average molecular weight is 394 g/mol. The van der Waals surface area contributed by atoms with Gasteiger partial charge in [0.25, 0.3) is 0 Å². The molecular weight excluding hydrogens is 373 g/mol. The minimum atomic E-state index is 0.411. The molecule has 0 spiro atoms. The van der Waals surface area contributed by atoms with Crippen molar-refractivity contribution in [3.05, 3.63) is 64.1 Å². The highest BCUT2D eigenvalue weighted by atomic mass is 35.5. The summed E-state index contributed by atoms with van der Waals surface area (Å²) in [4.78, 5) is 2.47. The van der Waals surface area contributed by atoms with Crippen LogP contribution in [0.1, 0.15) is 18.4 Å². The van der Waals surface area contributed by atoms with Crippen LogP contribution in [0.3, 0.4) is 0 Å². The summed E-state index contributed by atoms with van der Waals surface area (Å²) in [5.41, 5.74) is 2.25. The molecule has 132 valence electrons. The lowest BCUT2D eigenvalue weighted by molar-refractivity contribution is 0.199. The van der Waals surface area contributed by atoms with Crippen molar-refractivity contribution in [3.8, 4) is 0 Å². The summed E-state index contributed by atoms with van der Waals surface area (Å²) in [6.45, 7) is 3.09. The fourth-order valence-electron chi connectivity index (χ4n) is 2.97. The van der Waals surface area contributed by atoms with E-state index in [1.807, 2.05) is 36.4 Å². The van der Waals surface area contributed by atoms with Crippen molar-refractivity contribution in [3.63, 3.8) is 0 Å². The summed E-state index contributed by atoms with van der Waals surface area (Å²) in [6.07, 6.45) is 2.16. The van der Waals surface area contributed by atoms with Crippen LogP contribution in [0.5, 0.6) is 0 Å². The number of hydrogen-bond acceptors (Lipinski definition) is 2. The quantitative estimate of drug-likeness (QED) is 0.718. The van der Waals surface area contributed by atoms with Gasteiger partial charge in [-0.2, -0.15) is 0 Å². The number of rotatable bonds is 4. The van der Waals surface area contributed by atoms with Gasteiger partial charge in [0.1, 0.15) is 0 Å². The molecule has 0 amide bonds. The van der Waals surface area contributed by atoms with Crippen molar-refractivity contribution >= 4 is 46.2 Å². The highest BCUT2D eigenvalue weighted by Crippen LogP contribution is 2.17. The van der Waals surface area contributed by atoms with Gasteiger partial charge in [0.2, 0.25) is 0 Å². The van der Waals surface area contributed by atoms with Gasteiger partial charge < -0.3 is 10.6 Å². The van der Waals surface area contributed by atoms with Crippen LogP contribution in [0.4, 0.5) is 5.69 Å². The molecule has 2 N–H and O–H groups in total. The minimum absolute atomic E-state index is 0.411. The Labute approximate surface area is 164 Å². The molecule has 1 aliphatic heterocycles. The largest absolute Gasteiger partial charge is 0.360 e. The molecule has 0 aliphatic carbocycles. The van der Waals surface area contributed by atoms with E-state index < -0.39 is 0 Å². The topological polar surface area (TPSA) is 27.3 Å². The minimum Gasteiger partial charge on any atom is -0.360 e. The molecule has 1 fully saturated rings. The summed E-state index contributed by atoms with van der Waals surface area (Å²) in [7, 11) is 0. The van der Waals surface area contributed by atoms with Crippen molar-refractivity contribution in [2.24, 2.45) is 0 Å². The molecule has 3 rings (SSSR count). The van der Waals surface area contributed by atoms with E-state index in [2.05, 4.69) is 27.7 Å². The van der Waals surface area contributed by atoms with Gasteiger partial charge >= 0.3 is 0 Å². The lowest BCUT2D eigenvalue weighted by Gasteiger charge is -2.33. The van der Waals surface area contributed by atoms with E-state index >= 15 is 0 Å². The molecule has 1 saturated heterocycles. The Morgan fingerprint density at radius 2 is 1.52 bits per heavy atom. The Balaban J connectivity index is 1.42. The number of likely N-dealkylation sites (tertiary alicyclic amines) is 1. The smallest absolute Gasteiger partial charge is 0.170 e. The third-order valence-electron chi connectivity index (χ3n) is 4.34. The van der Waals surface area contributed by atoms with Gasteiger partial charge in [0, 0.05) is 41.4 Å². The molecule has 0 saturated carbocycles. The fraction of sp³-hybridized carbons (Fsp3) is 0.316. The number of halogens is 2. The van der Waals surface area contributed by atoms with Crippen LogP contribution in [-0.2, 0) is 6.54 Å². The van der Waals surface area contributed by atoms with E-state index in [0.29, 0.717) is 11.2 Å². The molecular formula is C19H21Cl2N3S. The van der Waals surface area contributed by atoms with Crippen LogP contribution in [0, 0.1) is 0 Å². The van der Waals surface area contributed by atoms with Crippen molar-refractivity contribution in [2.45, 2.75) is 25.4 Å². The van der Waals surface area contributed by atoms with Gasteiger partial charge in [-0.3, -0.25) is 4.90 Å². The van der Waals surface area contributed by atoms with Crippen LogP contribution in [0.2, 0.25) is 10.0 Å². The summed E-state index contributed by atoms with van der Waals surface area (Å²) in [6, 6.07) is 16.0. The number of benzene rings is 2. The molecule has 0 atom stereocenters. The third kappa shape index (κ3) is 5.86. The molecule has 1 aliphatic rings. The van der Waals surface area contributed by atoms with Gasteiger partial charge in [0.15, 0.2) is 5.11 Å². The predicted octanol–water partition coefficient (Wildman–Crippen LogP) is 4.94. The maximum Gasteiger partial charge on any atom is 0.170 e. The van der Waals surface area contributed by atoms with E-state index in [9.17, 15) is 0 Å². The van der Waals surface area contributed by atoms with Crippen molar-refractivity contribution in [2.75, 3.05) is 18.4 Å². The second-order valence-corrected chi connectivity index (χ2v) is 7.56. The van der Waals surface area contributed by atoms with E-state index in [1.54, 1.807) is 0 Å². The molecule has 2 aromatic rings. The zero-order valence-electron chi connectivity index (χ0n) is 13.8. The molecule has 2 aromatic carbocycles. The highest BCUT2D eigenvalue weighted by Gasteiger charge is 2.19. The highest BCUT2D eigenvalue weighted by molar-refractivity contribution is 7.80. The van der Waals surface area contributed by atoms with Crippen molar-refractivity contribution in [1.82, 2.24) is 10.2 Å². The van der Waals surface area contributed by atoms with Crippen LogP contribution in [0.15, 0.2) is 48.5 Å². The summed E-state index contributed by atoms with van der Waals surface area (Å²) < 4.78 is 0. The molecule has 6 heteroatoms. The summed E-state index contributed by atoms with van der Waals surface area (Å²) in [5.74, 6) is 0. The normalized spacial score (nSPS) is 15.8. The SMILES string of the molecule is S=C(Nc1ccc(Cl)cc1)NC1CCN(Cc2ccc(Cl)cc2)CC1. The average Bonchev–Trinajstić information content (AvgIpc) is 2.61. The van der Waals surface area contributed by atoms with Gasteiger partial charge in [-0.25, -0.2) is 0 Å². The molecule has 3 nitrogen and oxygen atoms in total. The third-order valence-corrected chi connectivity index (χ3v) is 5.07. The van der Waals surface area contributed by atoms with E-state index in [1.165, 1.54) is 5.56 Å². The number of hydrogen-bond donors (Lipinski definition) is 2. The second kappa shape index (κ2) is 8.86. The van der Waals surface area contributed by atoms with Crippen LogP contribution < -0.4 is 10.6 Å². The first kappa shape index (κ1) is 18.5. The maximum absolute atomic E-state index is 5.94. The Morgan fingerprint density at radius 1 is 0.960 bits per heavy atom. The molecule has 0 unspecified atom stereocenters. The fourth-order valence-corrected chi connectivity index (χ4v) is 3.51. The first-order chi connectivity index (χ1) is 12.1. The first-order valence-corrected chi connectivity index (χ1v) is 9.55. The monoisotopic (exact) mass is 393 g/mol. The lowest BCUT2D eigenvalue weighted by Crippen LogP contribution is -2.45. The number of piperidine rings is 1. The van der Waals surface area contributed by atoms with Gasteiger partial charge in [0.05, 0.1) is 0 Å². The summed E-state index contributed by atoms with van der Waals surface area (Å²) >= 11 is 17.3. The standard InChI is InChI=1S/C19H21Cl2N3S/c20-15-3-1-14(2-4-15)13-24-11-9-18(10-12-24)23-19(25)22-17-7-5-16(21)6-8-17/h1-8,18H,9-13H2,(H2,22,23,25). The number of thiocarbonyl (C=S) groups is 1. The number of nitrogens with zero attached hydrogens (tertiary/aromatic N) is 1. The maximum atomic E-state index is 5.94. The lowest BCUT2D eigenvalue weighted by atomic mass is 10.0.